The standard InChI is InChI=1S/C11H16N2O5/c1-3-18-8(11(15)16)6-7-13-10(14)5-4-9(12-13)17-2/h4-5,8H,3,6-7H2,1-2H3,(H,15,16). The molecule has 0 bridgehead atoms. The molecule has 1 N–H and O–H groups in total. The van der Waals surface area contributed by atoms with Crippen LogP contribution in [0.3, 0.4) is 0 Å². The Morgan fingerprint density at radius 1 is 1.56 bits per heavy atom. The van der Waals surface area contributed by atoms with Gasteiger partial charge in [-0.15, -0.1) is 5.10 Å². The van der Waals surface area contributed by atoms with Gasteiger partial charge in [0.2, 0.25) is 5.88 Å². The van der Waals surface area contributed by atoms with E-state index in [9.17, 15) is 9.59 Å². The molecule has 0 aliphatic rings. The second-order valence-corrected chi connectivity index (χ2v) is 3.51. The first-order valence-electron chi connectivity index (χ1n) is 5.55. The minimum atomic E-state index is -1.05. The van der Waals surface area contributed by atoms with E-state index < -0.39 is 12.1 Å². The van der Waals surface area contributed by atoms with Gasteiger partial charge in [0.25, 0.3) is 5.56 Å². The first kappa shape index (κ1) is 14.2. The molecular formula is C11H16N2O5. The molecule has 0 saturated carbocycles. The highest BCUT2D eigenvalue weighted by Crippen LogP contribution is 2.03. The van der Waals surface area contributed by atoms with Crippen LogP contribution in [0.15, 0.2) is 16.9 Å². The second kappa shape index (κ2) is 6.75. The lowest BCUT2D eigenvalue weighted by atomic mass is 10.2. The van der Waals surface area contributed by atoms with Gasteiger partial charge in [-0.2, -0.15) is 0 Å². The van der Waals surface area contributed by atoms with Gasteiger partial charge in [0.1, 0.15) is 0 Å². The molecule has 0 fully saturated rings. The van der Waals surface area contributed by atoms with Crippen molar-refractivity contribution < 1.29 is 19.4 Å². The molecule has 18 heavy (non-hydrogen) atoms. The van der Waals surface area contributed by atoms with Gasteiger partial charge >= 0.3 is 5.97 Å². The molecule has 7 nitrogen and oxygen atoms in total. The average Bonchev–Trinajstić information content (AvgIpc) is 2.35. The quantitative estimate of drug-likeness (QED) is 0.745. The fraction of sp³-hybridized carbons (Fsp3) is 0.545. The summed E-state index contributed by atoms with van der Waals surface area (Å²) in [5, 5.41) is 12.8. The molecule has 0 aliphatic carbocycles. The number of aromatic nitrogens is 2. The maximum Gasteiger partial charge on any atom is 0.332 e. The highest BCUT2D eigenvalue weighted by Gasteiger charge is 2.17. The van der Waals surface area contributed by atoms with Gasteiger partial charge in [-0.3, -0.25) is 4.79 Å². The summed E-state index contributed by atoms with van der Waals surface area (Å²) < 4.78 is 11.1. The van der Waals surface area contributed by atoms with Crippen molar-refractivity contribution in [3.63, 3.8) is 0 Å². The summed E-state index contributed by atoms with van der Waals surface area (Å²) in [6.07, 6.45) is -0.765. The summed E-state index contributed by atoms with van der Waals surface area (Å²) in [5.41, 5.74) is -0.309. The molecule has 0 radical (unpaired) electrons. The van der Waals surface area contributed by atoms with Crippen molar-refractivity contribution in [1.29, 1.82) is 0 Å². The zero-order valence-corrected chi connectivity index (χ0v) is 10.3. The number of aliphatic carboxylic acids is 1. The average molecular weight is 256 g/mol. The normalized spacial score (nSPS) is 12.1. The predicted molar refractivity (Wildman–Crippen MR) is 62.7 cm³/mol. The fourth-order valence-electron chi connectivity index (χ4n) is 1.42. The number of carbonyl (C=O) groups is 1. The van der Waals surface area contributed by atoms with Gasteiger partial charge in [-0.05, 0) is 6.92 Å². The summed E-state index contributed by atoms with van der Waals surface area (Å²) >= 11 is 0. The van der Waals surface area contributed by atoms with E-state index in [0.717, 1.165) is 4.68 Å². The maximum atomic E-state index is 11.5. The van der Waals surface area contributed by atoms with Crippen LogP contribution in [-0.4, -0.2) is 40.7 Å². The molecule has 1 atom stereocenters. The number of aryl methyl sites for hydroxylation is 1. The topological polar surface area (TPSA) is 90.7 Å². The maximum absolute atomic E-state index is 11.5. The molecule has 0 saturated heterocycles. The lowest BCUT2D eigenvalue weighted by molar-refractivity contribution is -0.150. The number of nitrogens with zero attached hydrogens (tertiary/aromatic N) is 2. The van der Waals surface area contributed by atoms with Crippen molar-refractivity contribution >= 4 is 5.97 Å². The molecule has 7 heteroatoms. The van der Waals surface area contributed by atoms with Gasteiger partial charge in [0.15, 0.2) is 6.10 Å². The summed E-state index contributed by atoms with van der Waals surface area (Å²) in [7, 11) is 1.44. The third-order valence-corrected chi connectivity index (χ3v) is 2.30. The molecular weight excluding hydrogens is 240 g/mol. The number of carboxylic acid groups (broad SMARTS) is 1. The van der Waals surface area contributed by atoms with Crippen LogP contribution >= 0.6 is 0 Å². The molecule has 1 aromatic heterocycles. The fourth-order valence-corrected chi connectivity index (χ4v) is 1.42. The summed E-state index contributed by atoms with van der Waals surface area (Å²) in [5.74, 6) is -0.745. The third kappa shape index (κ3) is 3.85. The van der Waals surface area contributed by atoms with Crippen LogP contribution in [-0.2, 0) is 16.1 Å². The van der Waals surface area contributed by atoms with Crippen LogP contribution in [0.4, 0.5) is 0 Å². The lowest BCUT2D eigenvalue weighted by Gasteiger charge is -2.12. The van der Waals surface area contributed by atoms with E-state index in [1.54, 1.807) is 6.92 Å². The smallest absolute Gasteiger partial charge is 0.332 e. The number of hydrogen-bond donors (Lipinski definition) is 1. The SMILES string of the molecule is CCOC(CCn1nc(OC)ccc1=O)C(=O)O. The van der Waals surface area contributed by atoms with Crippen molar-refractivity contribution in [2.24, 2.45) is 0 Å². The number of carboxylic acids is 1. The summed E-state index contributed by atoms with van der Waals surface area (Å²) in [6, 6.07) is 2.78. The number of ether oxygens (including phenoxy) is 2. The zero-order valence-electron chi connectivity index (χ0n) is 10.3. The van der Waals surface area contributed by atoms with Gasteiger partial charge in [-0.1, -0.05) is 0 Å². The van der Waals surface area contributed by atoms with Crippen molar-refractivity contribution in [2.75, 3.05) is 13.7 Å². The molecule has 100 valence electrons. The Morgan fingerprint density at radius 2 is 2.28 bits per heavy atom. The van der Waals surface area contributed by atoms with Crippen LogP contribution in [0.25, 0.3) is 0 Å². The second-order valence-electron chi connectivity index (χ2n) is 3.51. The summed E-state index contributed by atoms with van der Waals surface area (Å²) in [4.78, 5) is 22.3. The van der Waals surface area contributed by atoms with Crippen molar-refractivity contribution in [2.45, 2.75) is 26.0 Å². The third-order valence-electron chi connectivity index (χ3n) is 2.30. The van der Waals surface area contributed by atoms with E-state index in [2.05, 4.69) is 5.10 Å². The molecule has 0 amide bonds. The Hall–Kier alpha value is -1.89. The minimum absolute atomic E-state index is 0.160. The Balaban J connectivity index is 2.72. The van der Waals surface area contributed by atoms with E-state index in [-0.39, 0.29) is 18.5 Å². The van der Waals surface area contributed by atoms with Gasteiger partial charge < -0.3 is 14.6 Å². The van der Waals surface area contributed by atoms with Gasteiger partial charge in [-0.25, -0.2) is 9.48 Å². The van der Waals surface area contributed by atoms with E-state index >= 15 is 0 Å². The Labute approximate surface area is 104 Å². The van der Waals surface area contributed by atoms with E-state index in [4.69, 9.17) is 14.6 Å². The van der Waals surface area contributed by atoms with Crippen molar-refractivity contribution in [3.05, 3.63) is 22.5 Å². The van der Waals surface area contributed by atoms with Gasteiger partial charge in [0.05, 0.1) is 7.11 Å². The molecule has 1 rings (SSSR count). The van der Waals surface area contributed by atoms with Crippen LogP contribution in [0.5, 0.6) is 5.88 Å². The van der Waals surface area contributed by atoms with Gasteiger partial charge in [0, 0.05) is 31.7 Å². The van der Waals surface area contributed by atoms with Crippen molar-refractivity contribution in [3.8, 4) is 5.88 Å². The van der Waals surface area contributed by atoms with E-state index in [1.165, 1.54) is 19.2 Å². The number of rotatable bonds is 7. The van der Waals surface area contributed by atoms with Crippen LogP contribution < -0.4 is 10.3 Å². The minimum Gasteiger partial charge on any atom is -0.480 e. The van der Waals surface area contributed by atoms with E-state index in [0.29, 0.717) is 12.5 Å². The predicted octanol–water partition coefficient (Wildman–Crippen LogP) is 0.132. The number of methoxy groups -OCH3 is 1. The van der Waals surface area contributed by atoms with Crippen molar-refractivity contribution in [1.82, 2.24) is 9.78 Å². The first-order valence-corrected chi connectivity index (χ1v) is 5.55. The largest absolute Gasteiger partial charge is 0.480 e. The van der Waals surface area contributed by atoms with Crippen LogP contribution in [0.1, 0.15) is 13.3 Å². The Morgan fingerprint density at radius 3 is 2.83 bits per heavy atom. The van der Waals surface area contributed by atoms with E-state index in [1.807, 2.05) is 0 Å². The highest BCUT2D eigenvalue weighted by atomic mass is 16.5. The molecule has 1 heterocycles. The molecule has 0 spiro atoms. The Bertz CT molecular complexity index is 457. The summed E-state index contributed by atoms with van der Waals surface area (Å²) in [6.45, 7) is 2.18. The lowest BCUT2D eigenvalue weighted by Crippen LogP contribution is -2.29. The van der Waals surface area contributed by atoms with Crippen LogP contribution in [0, 0.1) is 0 Å². The monoisotopic (exact) mass is 256 g/mol. The molecule has 0 aliphatic heterocycles. The highest BCUT2D eigenvalue weighted by molar-refractivity contribution is 5.72. The first-order chi connectivity index (χ1) is 8.58. The molecule has 1 unspecified atom stereocenters. The molecule has 1 aromatic rings. The molecule has 0 aromatic carbocycles. The number of hydrogen-bond acceptors (Lipinski definition) is 5. The van der Waals surface area contributed by atoms with Crippen LogP contribution in [0.2, 0.25) is 0 Å². The Kier molecular flexibility index (Phi) is 5.31. The zero-order chi connectivity index (χ0) is 13.5.